The van der Waals surface area contributed by atoms with Gasteiger partial charge in [-0.05, 0) is 12.0 Å². The normalized spacial score (nSPS) is 11.5. The zero-order chi connectivity index (χ0) is 16.2. The molecular weight excluding hydrogens is 320 g/mol. The Morgan fingerprint density at radius 3 is 2.55 bits per heavy atom. The molecule has 118 valence electrons. The molecule has 1 aromatic heterocycles. The number of benzene rings is 1. The van der Waals surface area contributed by atoms with E-state index in [1.807, 2.05) is 24.3 Å². The van der Waals surface area contributed by atoms with Crippen molar-refractivity contribution in [1.29, 1.82) is 0 Å². The van der Waals surface area contributed by atoms with E-state index < -0.39 is 15.7 Å². The van der Waals surface area contributed by atoms with E-state index in [2.05, 4.69) is 11.9 Å². The molecular formula is C15H18N2O3S2. The highest BCUT2D eigenvalue weighted by Crippen LogP contribution is 2.25. The fourth-order valence-electron chi connectivity index (χ4n) is 1.94. The van der Waals surface area contributed by atoms with Crippen LogP contribution in [0.25, 0.3) is 10.6 Å². The Kier molecular flexibility index (Phi) is 5.31. The molecule has 22 heavy (non-hydrogen) atoms. The van der Waals surface area contributed by atoms with Gasteiger partial charge < -0.3 is 5.73 Å². The van der Waals surface area contributed by atoms with Gasteiger partial charge in [0.2, 0.25) is 5.91 Å². The quantitative estimate of drug-likeness (QED) is 0.837. The van der Waals surface area contributed by atoms with E-state index in [1.165, 1.54) is 16.9 Å². The number of hydrogen-bond donors (Lipinski definition) is 1. The van der Waals surface area contributed by atoms with Crippen LogP contribution < -0.4 is 5.73 Å². The molecule has 0 radical (unpaired) electrons. The molecule has 2 N–H and O–H groups in total. The topological polar surface area (TPSA) is 90.1 Å². The van der Waals surface area contributed by atoms with E-state index in [9.17, 15) is 13.2 Å². The summed E-state index contributed by atoms with van der Waals surface area (Å²) in [6.07, 6.45) is 0.819. The van der Waals surface area contributed by atoms with Crippen molar-refractivity contribution in [3.8, 4) is 10.6 Å². The summed E-state index contributed by atoms with van der Waals surface area (Å²) >= 11 is 1.41. The molecule has 2 rings (SSSR count). The zero-order valence-electron chi connectivity index (χ0n) is 12.3. The van der Waals surface area contributed by atoms with Gasteiger partial charge in [-0.15, -0.1) is 11.3 Å². The van der Waals surface area contributed by atoms with E-state index in [0.717, 1.165) is 17.0 Å². The SMILES string of the molecule is CCc1ccc(-c2nc(CS(=O)(=O)CCC(N)=O)cs2)cc1. The Morgan fingerprint density at radius 2 is 1.95 bits per heavy atom. The lowest BCUT2D eigenvalue weighted by Gasteiger charge is -2.01. The molecule has 0 aliphatic rings. The number of aromatic nitrogens is 1. The lowest BCUT2D eigenvalue weighted by atomic mass is 10.1. The van der Waals surface area contributed by atoms with Crippen molar-refractivity contribution in [3.63, 3.8) is 0 Å². The fraction of sp³-hybridized carbons (Fsp3) is 0.333. The van der Waals surface area contributed by atoms with Crippen LogP contribution in [0.3, 0.4) is 0 Å². The summed E-state index contributed by atoms with van der Waals surface area (Å²) in [5, 5.41) is 2.54. The van der Waals surface area contributed by atoms with E-state index >= 15 is 0 Å². The Hall–Kier alpha value is -1.73. The Labute approximate surface area is 134 Å². The zero-order valence-corrected chi connectivity index (χ0v) is 13.9. The van der Waals surface area contributed by atoms with Gasteiger partial charge in [0.15, 0.2) is 9.84 Å². The standard InChI is InChI=1S/C15H18N2O3S2/c1-2-11-3-5-12(6-4-11)15-17-13(9-21-15)10-22(19,20)8-7-14(16)18/h3-6,9H,2,7-8,10H2,1H3,(H2,16,18). The highest BCUT2D eigenvalue weighted by Gasteiger charge is 2.16. The second kappa shape index (κ2) is 7.02. The van der Waals surface area contributed by atoms with Gasteiger partial charge in [0.25, 0.3) is 0 Å². The second-order valence-electron chi connectivity index (χ2n) is 5.00. The maximum atomic E-state index is 11.9. The number of aryl methyl sites for hydroxylation is 1. The molecule has 0 saturated heterocycles. The molecule has 1 aromatic carbocycles. The Bertz CT molecular complexity index is 749. The minimum absolute atomic E-state index is 0.155. The monoisotopic (exact) mass is 338 g/mol. The first kappa shape index (κ1) is 16.6. The smallest absolute Gasteiger partial charge is 0.218 e. The number of thiazole rings is 1. The van der Waals surface area contributed by atoms with Crippen LogP contribution in [0.1, 0.15) is 24.6 Å². The third-order valence-corrected chi connectivity index (χ3v) is 5.69. The number of carbonyl (C=O) groups excluding carboxylic acids is 1. The van der Waals surface area contributed by atoms with Gasteiger partial charge >= 0.3 is 0 Å². The molecule has 7 heteroatoms. The van der Waals surface area contributed by atoms with Crippen molar-refractivity contribution in [3.05, 3.63) is 40.9 Å². The van der Waals surface area contributed by atoms with Crippen molar-refractivity contribution in [2.45, 2.75) is 25.5 Å². The van der Waals surface area contributed by atoms with Gasteiger partial charge in [-0.1, -0.05) is 31.2 Å². The van der Waals surface area contributed by atoms with E-state index in [-0.39, 0.29) is 17.9 Å². The van der Waals surface area contributed by atoms with Crippen LogP contribution >= 0.6 is 11.3 Å². The van der Waals surface area contributed by atoms with Crippen LogP contribution in [0.15, 0.2) is 29.6 Å². The van der Waals surface area contributed by atoms with E-state index in [1.54, 1.807) is 5.38 Å². The van der Waals surface area contributed by atoms with Crippen molar-refractivity contribution in [2.75, 3.05) is 5.75 Å². The van der Waals surface area contributed by atoms with Crippen LogP contribution in [-0.2, 0) is 26.8 Å². The number of hydrogen-bond acceptors (Lipinski definition) is 5. The van der Waals surface area contributed by atoms with Crippen molar-refractivity contribution < 1.29 is 13.2 Å². The number of sulfone groups is 1. The van der Waals surface area contributed by atoms with Gasteiger partial charge in [0.1, 0.15) is 5.01 Å². The van der Waals surface area contributed by atoms with Crippen LogP contribution in [0.5, 0.6) is 0 Å². The minimum atomic E-state index is -3.37. The van der Waals surface area contributed by atoms with Crippen LogP contribution in [-0.4, -0.2) is 25.1 Å². The largest absolute Gasteiger partial charge is 0.370 e. The highest BCUT2D eigenvalue weighted by molar-refractivity contribution is 7.90. The van der Waals surface area contributed by atoms with Crippen LogP contribution in [0.2, 0.25) is 0 Å². The number of amides is 1. The molecule has 1 amide bonds. The van der Waals surface area contributed by atoms with Crippen molar-refractivity contribution >= 4 is 27.1 Å². The first-order valence-corrected chi connectivity index (χ1v) is 9.62. The lowest BCUT2D eigenvalue weighted by molar-refractivity contribution is -0.117. The summed E-state index contributed by atoms with van der Waals surface area (Å²) in [7, 11) is -3.37. The third kappa shape index (κ3) is 4.64. The maximum Gasteiger partial charge on any atom is 0.218 e. The number of nitrogens with zero attached hydrogens (tertiary/aromatic N) is 1. The molecule has 2 aromatic rings. The first-order valence-electron chi connectivity index (χ1n) is 6.92. The molecule has 0 aliphatic carbocycles. The summed E-state index contributed by atoms with van der Waals surface area (Å²) in [6, 6.07) is 8.06. The second-order valence-corrected chi connectivity index (χ2v) is 8.04. The molecule has 0 bridgehead atoms. The molecule has 0 unspecified atom stereocenters. The van der Waals surface area contributed by atoms with Gasteiger partial charge in [0, 0.05) is 17.4 Å². The minimum Gasteiger partial charge on any atom is -0.370 e. The van der Waals surface area contributed by atoms with Gasteiger partial charge in [-0.25, -0.2) is 13.4 Å². The Morgan fingerprint density at radius 1 is 1.27 bits per heavy atom. The van der Waals surface area contributed by atoms with Crippen molar-refractivity contribution in [1.82, 2.24) is 4.98 Å². The summed E-state index contributed by atoms with van der Waals surface area (Å²) in [4.78, 5) is 15.1. The highest BCUT2D eigenvalue weighted by atomic mass is 32.2. The molecule has 0 atom stereocenters. The number of primary amides is 1. The summed E-state index contributed by atoms with van der Waals surface area (Å²) in [5.74, 6) is -1.01. The molecule has 0 spiro atoms. The number of rotatable bonds is 7. The lowest BCUT2D eigenvalue weighted by Crippen LogP contribution is -2.18. The van der Waals surface area contributed by atoms with Gasteiger partial charge in [0.05, 0.1) is 17.2 Å². The maximum absolute atomic E-state index is 11.9. The van der Waals surface area contributed by atoms with Crippen LogP contribution in [0, 0.1) is 0 Å². The van der Waals surface area contributed by atoms with E-state index in [4.69, 9.17) is 5.73 Å². The third-order valence-electron chi connectivity index (χ3n) is 3.19. The predicted molar refractivity (Wildman–Crippen MR) is 88.2 cm³/mol. The summed E-state index contributed by atoms with van der Waals surface area (Å²) in [6.45, 7) is 2.09. The molecule has 0 saturated carbocycles. The molecule has 0 aliphatic heterocycles. The van der Waals surface area contributed by atoms with Gasteiger partial charge in [-0.2, -0.15) is 0 Å². The first-order chi connectivity index (χ1) is 10.4. The summed E-state index contributed by atoms with van der Waals surface area (Å²) in [5.41, 5.74) is 7.70. The van der Waals surface area contributed by atoms with Crippen LogP contribution in [0.4, 0.5) is 0 Å². The van der Waals surface area contributed by atoms with Gasteiger partial charge in [-0.3, -0.25) is 4.79 Å². The average molecular weight is 338 g/mol. The molecule has 0 fully saturated rings. The fourth-order valence-corrected chi connectivity index (χ4v) is 4.13. The Balaban J connectivity index is 2.09. The average Bonchev–Trinajstić information content (AvgIpc) is 2.93. The van der Waals surface area contributed by atoms with Crippen molar-refractivity contribution in [2.24, 2.45) is 5.73 Å². The number of nitrogens with two attached hydrogens (primary N) is 1. The number of carbonyl (C=O) groups is 1. The summed E-state index contributed by atoms with van der Waals surface area (Å²) < 4.78 is 23.8. The predicted octanol–water partition coefficient (Wildman–Crippen LogP) is 2.16. The molecule has 5 nitrogen and oxygen atoms in total. The molecule has 1 heterocycles. The van der Waals surface area contributed by atoms with E-state index in [0.29, 0.717) is 5.69 Å².